The van der Waals surface area contributed by atoms with Crippen molar-refractivity contribution in [3.63, 3.8) is 0 Å². The van der Waals surface area contributed by atoms with E-state index in [1.54, 1.807) is 23.4 Å². The van der Waals surface area contributed by atoms with Crippen LogP contribution in [0.1, 0.15) is 27.7 Å². The first-order chi connectivity index (χ1) is 12.1. The number of fused-ring (bicyclic) bond motifs is 1. The summed E-state index contributed by atoms with van der Waals surface area (Å²) in [6.07, 6.45) is 0. The van der Waals surface area contributed by atoms with Gasteiger partial charge in [-0.05, 0) is 28.6 Å². The molecule has 0 saturated heterocycles. The second kappa shape index (κ2) is 7.46. The van der Waals surface area contributed by atoms with E-state index in [0.717, 1.165) is 21.2 Å². The van der Waals surface area contributed by atoms with Crippen molar-refractivity contribution in [1.82, 2.24) is 10.4 Å². The lowest BCUT2D eigenvalue weighted by Gasteiger charge is -2.21. The van der Waals surface area contributed by atoms with Gasteiger partial charge in [0.05, 0.1) is 4.88 Å². The predicted octanol–water partition coefficient (Wildman–Crippen LogP) is 3.57. The van der Waals surface area contributed by atoms with E-state index >= 15 is 0 Å². The molecule has 1 heterocycles. The lowest BCUT2D eigenvalue weighted by molar-refractivity contribution is -0.130. The lowest BCUT2D eigenvalue weighted by Crippen LogP contribution is -2.27. The Hall–Kier alpha value is -2.70. The average Bonchev–Trinajstić information content (AvgIpc) is 3.04. The highest BCUT2D eigenvalue weighted by atomic mass is 32.1. The molecular formula is C19H18N2O3S. The van der Waals surface area contributed by atoms with Crippen molar-refractivity contribution in [2.75, 3.05) is 0 Å². The van der Waals surface area contributed by atoms with E-state index in [4.69, 9.17) is 5.21 Å². The van der Waals surface area contributed by atoms with Crippen molar-refractivity contribution in [2.45, 2.75) is 20.0 Å². The van der Waals surface area contributed by atoms with Gasteiger partial charge in [-0.1, -0.05) is 42.5 Å². The van der Waals surface area contributed by atoms with E-state index in [1.807, 2.05) is 48.5 Å². The fourth-order valence-electron chi connectivity index (χ4n) is 2.64. The molecule has 0 saturated carbocycles. The Morgan fingerprint density at radius 3 is 2.44 bits per heavy atom. The predicted molar refractivity (Wildman–Crippen MR) is 97.4 cm³/mol. The van der Waals surface area contributed by atoms with E-state index in [9.17, 15) is 9.59 Å². The van der Waals surface area contributed by atoms with Crippen molar-refractivity contribution >= 4 is 33.2 Å². The van der Waals surface area contributed by atoms with Crippen LogP contribution in [-0.4, -0.2) is 21.9 Å². The van der Waals surface area contributed by atoms with Gasteiger partial charge in [0, 0.05) is 24.7 Å². The molecule has 0 fully saturated rings. The van der Waals surface area contributed by atoms with Crippen LogP contribution in [0.15, 0.2) is 54.6 Å². The molecule has 0 aliphatic heterocycles. The SMILES string of the molecule is CC(=O)N(Cc1ccccc1)Cc1ccc2cc(C(=O)NO)sc2c1. The van der Waals surface area contributed by atoms with Gasteiger partial charge in [0.15, 0.2) is 0 Å². The summed E-state index contributed by atoms with van der Waals surface area (Å²) in [6.45, 7) is 2.62. The summed E-state index contributed by atoms with van der Waals surface area (Å²) in [7, 11) is 0. The smallest absolute Gasteiger partial charge is 0.284 e. The fraction of sp³-hybridized carbons (Fsp3) is 0.158. The highest BCUT2D eigenvalue weighted by Gasteiger charge is 2.13. The summed E-state index contributed by atoms with van der Waals surface area (Å²) >= 11 is 1.31. The number of hydrogen-bond acceptors (Lipinski definition) is 4. The molecule has 3 aromatic rings. The highest BCUT2D eigenvalue weighted by molar-refractivity contribution is 7.20. The zero-order valence-corrected chi connectivity index (χ0v) is 14.5. The lowest BCUT2D eigenvalue weighted by atomic mass is 10.1. The molecule has 0 bridgehead atoms. The molecule has 0 atom stereocenters. The second-order valence-electron chi connectivity index (χ2n) is 5.78. The average molecular weight is 354 g/mol. The molecule has 0 aliphatic rings. The van der Waals surface area contributed by atoms with Gasteiger partial charge in [-0.15, -0.1) is 11.3 Å². The Labute approximate surface area is 149 Å². The molecule has 5 nitrogen and oxygen atoms in total. The van der Waals surface area contributed by atoms with Crippen LogP contribution in [-0.2, 0) is 17.9 Å². The Balaban J connectivity index is 1.82. The number of rotatable bonds is 5. The number of hydrogen-bond donors (Lipinski definition) is 2. The molecule has 2 N–H and O–H groups in total. The molecule has 0 unspecified atom stereocenters. The van der Waals surface area contributed by atoms with E-state index in [1.165, 1.54) is 11.3 Å². The first-order valence-electron chi connectivity index (χ1n) is 7.83. The zero-order chi connectivity index (χ0) is 17.8. The van der Waals surface area contributed by atoms with Crippen LogP contribution in [0.2, 0.25) is 0 Å². The summed E-state index contributed by atoms with van der Waals surface area (Å²) in [4.78, 5) is 25.8. The largest absolute Gasteiger partial charge is 0.334 e. The fourth-order valence-corrected chi connectivity index (χ4v) is 3.66. The van der Waals surface area contributed by atoms with Crippen molar-refractivity contribution in [3.05, 3.63) is 70.6 Å². The maximum Gasteiger partial charge on any atom is 0.284 e. The number of thiophene rings is 1. The second-order valence-corrected chi connectivity index (χ2v) is 6.87. The monoisotopic (exact) mass is 354 g/mol. The summed E-state index contributed by atoms with van der Waals surface area (Å²) in [5, 5.41) is 9.69. The third kappa shape index (κ3) is 4.04. The molecule has 2 aromatic carbocycles. The number of benzene rings is 2. The van der Waals surface area contributed by atoms with Gasteiger partial charge in [0.2, 0.25) is 5.91 Å². The van der Waals surface area contributed by atoms with Gasteiger partial charge in [-0.2, -0.15) is 0 Å². The molecule has 0 spiro atoms. The molecule has 2 amide bonds. The van der Waals surface area contributed by atoms with Gasteiger partial charge in [-0.25, -0.2) is 5.48 Å². The van der Waals surface area contributed by atoms with Crippen LogP contribution in [0.4, 0.5) is 0 Å². The molecule has 6 heteroatoms. The van der Waals surface area contributed by atoms with Crippen molar-refractivity contribution in [2.24, 2.45) is 0 Å². The van der Waals surface area contributed by atoms with Crippen molar-refractivity contribution < 1.29 is 14.8 Å². The molecule has 128 valence electrons. The Morgan fingerprint density at radius 2 is 1.76 bits per heavy atom. The standard InChI is InChI=1S/C19H18N2O3S/c1-13(22)21(11-14-5-3-2-4-6-14)12-15-7-8-16-10-18(19(23)20-24)25-17(16)9-15/h2-10,24H,11-12H2,1H3,(H,20,23). The van der Waals surface area contributed by atoms with Gasteiger partial charge >= 0.3 is 0 Å². The normalized spacial score (nSPS) is 10.6. The topological polar surface area (TPSA) is 69.6 Å². The molecule has 25 heavy (non-hydrogen) atoms. The minimum Gasteiger partial charge on any atom is -0.334 e. The van der Waals surface area contributed by atoms with Crippen LogP contribution in [0.25, 0.3) is 10.1 Å². The number of nitrogens with one attached hydrogen (secondary N) is 1. The number of carbonyl (C=O) groups excluding carboxylic acids is 2. The molecule has 3 rings (SSSR count). The molecule has 0 radical (unpaired) electrons. The van der Waals surface area contributed by atoms with E-state index in [0.29, 0.717) is 18.0 Å². The number of nitrogens with zero attached hydrogens (tertiary/aromatic N) is 1. The summed E-state index contributed by atoms with van der Waals surface area (Å²) in [5.74, 6) is -0.507. The highest BCUT2D eigenvalue weighted by Crippen LogP contribution is 2.27. The van der Waals surface area contributed by atoms with Crippen LogP contribution in [0.3, 0.4) is 0 Å². The number of hydroxylamine groups is 1. The van der Waals surface area contributed by atoms with Crippen LogP contribution in [0, 0.1) is 0 Å². The summed E-state index contributed by atoms with van der Waals surface area (Å²) in [5.41, 5.74) is 3.73. The minimum atomic E-state index is -0.516. The maximum absolute atomic E-state index is 12.0. The van der Waals surface area contributed by atoms with Crippen molar-refractivity contribution in [1.29, 1.82) is 0 Å². The van der Waals surface area contributed by atoms with E-state index < -0.39 is 5.91 Å². The van der Waals surface area contributed by atoms with Gasteiger partial charge in [0.25, 0.3) is 5.91 Å². The van der Waals surface area contributed by atoms with E-state index in [2.05, 4.69) is 0 Å². The first-order valence-corrected chi connectivity index (χ1v) is 8.65. The van der Waals surface area contributed by atoms with Gasteiger partial charge in [-0.3, -0.25) is 14.8 Å². The van der Waals surface area contributed by atoms with Crippen molar-refractivity contribution in [3.8, 4) is 0 Å². The number of amides is 2. The third-order valence-corrected chi connectivity index (χ3v) is 5.04. The van der Waals surface area contributed by atoms with Gasteiger partial charge < -0.3 is 4.90 Å². The first kappa shape index (κ1) is 17.1. The Morgan fingerprint density at radius 1 is 1.04 bits per heavy atom. The minimum absolute atomic E-state index is 0.00970. The molecular weight excluding hydrogens is 336 g/mol. The third-order valence-electron chi connectivity index (χ3n) is 3.94. The zero-order valence-electron chi connectivity index (χ0n) is 13.7. The van der Waals surface area contributed by atoms with Crippen LogP contribution < -0.4 is 5.48 Å². The van der Waals surface area contributed by atoms with E-state index in [-0.39, 0.29) is 5.91 Å². The quantitative estimate of drug-likeness (QED) is 0.544. The number of carbonyl (C=O) groups is 2. The van der Waals surface area contributed by atoms with Gasteiger partial charge in [0.1, 0.15) is 0 Å². The van der Waals surface area contributed by atoms with Crippen LogP contribution >= 0.6 is 11.3 Å². The van der Waals surface area contributed by atoms with Crippen LogP contribution in [0.5, 0.6) is 0 Å². The summed E-state index contributed by atoms with van der Waals surface area (Å²) in [6, 6.07) is 17.5. The maximum atomic E-state index is 12.0. The Kier molecular flexibility index (Phi) is 5.11. The molecule has 1 aromatic heterocycles. The Bertz CT molecular complexity index is 905. The molecule has 0 aliphatic carbocycles. The summed E-state index contributed by atoms with van der Waals surface area (Å²) < 4.78 is 0.944.